The van der Waals surface area contributed by atoms with Gasteiger partial charge in [0.05, 0.1) is 17.0 Å². The van der Waals surface area contributed by atoms with Crippen LogP contribution in [0.2, 0.25) is 5.02 Å². The summed E-state index contributed by atoms with van der Waals surface area (Å²) in [4.78, 5) is 35.8. The molecular weight excluding hydrogens is 296 g/mol. The first-order valence-corrected chi connectivity index (χ1v) is 6.97. The van der Waals surface area contributed by atoms with Crippen molar-refractivity contribution in [3.63, 3.8) is 0 Å². The van der Waals surface area contributed by atoms with Crippen molar-refractivity contribution in [1.82, 2.24) is 5.32 Å². The van der Waals surface area contributed by atoms with Crippen LogP contribution < -0.4 is 10.2 Å². The van der Waals surface area contributed by atoms with Crippen LogP contribution in [-0.2, 0) is 9.59 Å². The largest absolute Gasteiger partial charge is 0.481 e. The second-order valence-electron chi connectivity index (χ2n) is 4.71. The minimum Gasteiger partial charge on any atom is -0.481 e. The van der Waals surface area contributed by atoms with E-state index in [4.69, 9.17) is 16.7 Å². The number of anilines is 1. The van der Waals surface area contributed by atoms with Crippen molar-refractivity contribution in [1.29, 1.82) is 0 Å². The van der Waals surface area contributed by atoms with E-state index in [1.54, 1.807) is 23.1 Å². The minimum absolute atomic E-state index is 0.0227. The van der Waals surface area contributed by atoms with Crippen LogP contribution in [0, 0.1) is 0 Å². The maximum absolute atomic E-state index is 12.0. The SMILES string of the molecule is O=C(O)CCNC(=O)c1cc(N2CCCC2=O)ccc1Cl. The first-order valence-electron chi connectivity index (χ1n) is 6.59. The number of carboxylic acids is 1. The maximum atomic E-state index is 12.0. The number of carbonyl (C=O) groups excluding carboxylic acids is 2. The quantitative estimate of drug-likeness (QED) is 0.866. The molecule has 21 heavy (non-hydrogen) atoms. The van der Waals surface area contributed by atoms with Crippen LogP contribution in [0.1, 0.15) is 29.6 Å². The van der Waals surface area contributed by atoms with Crippen molar-refractivity contribution < 1.29 is 19.5 Å². The molecule has 0 aliphatic carbocycles. The molecule has 1 aliphatic heterocycles. The molecule has 1 saturated heterocycles. The van der Waals surface area contributed by atoms with Gasteiger partial charge < -0.3 is 15.3 Å². The summed E-state index contributed by atoms with van der Waals surface area (Å²) in [6.45, 7) is 0.651. The third-order valence-electron chi connectivity index (χ3n) is 3.20. The summed E-state index contributed by atoms with van der Waals surface area (Å²) in [5, 5.41) is 11.3. The highest BCUT2D eigenvalue weighted by atomic mass is 35.5. The molecule has 0 radical (unpaired) electrons. The van der Waals surface area contributed by atoms with Gasteiger partial charge in [0.25, 0.3) is 5.91 Å². The lowest BCUT2D eigenvalue weighted by Crippen LogP contribution is -2.27. The van der Waals surface area contributed by atoms with Crippen LogP contribution in [0.4, 0.5) is 5.69 Å². The van der Waals surface area contributed by atoms with Crippen molar-refractivity contribution in [2.24, 2.45) is 0 Å². The Bertz CT molecular complexity index is 588. The van der Waals surface area contributed by atoms with E-state index < -0.39 is 11.9 Å². The smallest absolute Gasteiger partial charge is 0.305 e. The van der Waals surface area contributed by atoms with E-state index in [0.29, 0.717) is 18.7 Å². The lowest BCUT2D eigenvalue weighted by Gasteiger charge is -2.17. The van der Waals surface area contributed by atoms with E-state index >= 15 is 0 Å². The Labute approximate surface area is 126 Å². The fourth-order valence-corrected chi connectivity index (χ4v) is 2.36. The number of halogens is 1. The van der Waals surface area contributed by atoms with Gasteiger partial charge in [-0.2, -0.15) is 0 Å². The zero-order valence-electron chi connectivity index (χ0n) is 11.3. The van der Waals surface area contributed by atoms with E-state index in [0.717, 1.165) is 6.42 Å². The summed E-state index contributed by atoms with van der Waals surface area (Å²) in [6.07, 6.45) is 1.14. The summed E-state index contributed by atoms with van der Waals surface area (Å²) < 4.78 is 0. The molecular formula is C14H15ClN2O4. The van der Waals surface area contributed by atoms with Crippen molar-refractivity contribution >= 4 is 35.1 Å². The molecule has 112 valence electrons. The predicted molar refractivity (Wildman–Crippen MR) is 77.6 cm³/mol. The zero-order valence-corrected chi connectivity index (χ0v) is 12.0. The van der Waals surface area contributed by atoms with Crippen LogP contribution in [-0.4, -0.2) is 36.0 Å². The molecule has 7 heteroatoms. The van der Waals surface area contributed by atoms with Gasteiger partial charge in [0.1, 0.15) is 0 Å². The number of rotatable bonds is 5. The molecule has 2 rings (SSSR count). The molecule has 1 aromatic carbocycles. The summed E-state index contributed by atoms with van der Waals surface area (Å²) in [7, 11) is 0. The zero-order chi connectivity index (χ0) is 15.4. The van der Waals surface area contributed by atoms with Crippen LogP contribution in [0.3, 0.4) is 0 Å². The van der Waals surface area contributed by atoms with Gasteiger partial charge in [0, 0.05) is 25.2 Å². The number of aliphatic carboxylic acids is 1. The van der Waals surface area contributed by atoms with Gasteiger partial charge >= 0.3 is 5.97 Å². The lowest BCUT2D eigenvalue weighted by molar-refractivity contribution is -0.136. The molecule has 2 amide bonds. The third-order valence-corrected chi connectivity index (χ3v) is 3.53. The van der Waals surface area contributed by atoms with Crippen LogP contribution >= 0.6 is 11.6 Å². The highest BCUT2D eigenvalue weighted by Gasteiger charge is 2.23. The standard InChI is InChI=1S/C14H15ClN2O4/c15-11-4-3-9(17-7-1-2-12(17)18)8-10(11)14(21)16-6-5-13(19)20/h3-4,8H,1-2,5-7H2,(H,16,21)(H,19,20). The average Bonchev–Trinajstić information content (AvgIpc) is 2.85. The average molecular weight is 311 g/mol. The Morgan fingerprint density at radius 1 is 1.38 bits per heavy atom. The van der Waals surface area contributed by atoms with E-state index in [1.165, 1.54) is 0 Å². The van der Waals surface area contributed by atoms with E-state index in [-0.39, 0.29) is 29.5 Å². The van der Waals surface area contributed by atoms with E-state index in [9.17, 15) is 14.4 Å². The topological polar surface area (TPSA) is 86.7 Å². The van der Waals surface area contributed by atoms with Gasteiger partial charge in [-0.05, 0) is 24.6 Å². The van der Waals surface area contributed by atoms with Gasteiger partial charge in [0.15, 0.2) is 0 Å². The highest BCUT2D eigenvalue weighted by molar-refractivity contribution is 6.34. The summed E-state index contributed by atoms with van der Waals surface area (Å²) in [6, 6.07) is 4.82. The number of hydrogen-bond acceptors (Lipinski definition) is 3. The number of amides is 2. The number of hydrogen-bond donors (Lipinski definition) is 2. The molecule has 0 saturated carbocycles. The molecule has 6 nitrogen and oxygen atoms in total. The molecule has 2 N–H and O–H groups in total. The van der Waals surface area contributed by atoms with Gasteiger partial charge in [-0.15, -0.1) is 0 Å². The fraction of sp³-hybridized carbons (Fsp3) is 0.357. The Morgan fingerprint density at radius 3 is 2.76 bits per heavy atom. The van der Waals surface area contributed by atoms with Crippen LogP contribution in [0.5, 0.6) is 0 Å². The molecule has 1 heterocycles. The maximum Gasteiger partial charge on any atom is 0.305 e. The highest BCUT2D eigenvalue weighted by Crippen LogP contribution is 2.26. The Balaban J connectivity index is 2.13. The molecule has 0 unspecified atom stereocenters. The number of nitrogens with one attached hydrogen (secondary N) is 1. The molecule has 0 spiro atoms. The molecule has 0 atom stereocenters. The second-order valence-corrected chi connectivity index (χ2v) is 5.12. The predicted octanol–water partition coefficient (Wildman–Crippen LogP) is 1.67. The number of carbonyl (C=O) groups is 3. The molecule has 1 fully saturated rings. The Morgan fingerprint density at radius 2 is 2.14 bits per heavy atom. The minimum atomic E-state index is -0.988. The van der Waals surface area contributed by atoms with Crippen molar-refractivity contribution in [3.05, 3.63) is 28.8 Å². The second kappa shape index (κ2) is 6.58. The number of nitrogens with zero attached hydrogens (tertiary/aromatic N) is 1. The number of benzene rings is 1. The van der Waals surface area contributed by atoms with E-state index in [1.807, 2.05) is 0 Å². The van der Waals surface area contributed by atoms with Gasteiger partial charge in [-0.1, -0.05) is 11.6 Å². The summed E-state index contributed by atoms with van der Waals surface area (Å²) >= 11 is 6.00. The van der Waals surface area contributed by atoms with E-state index in [2.05, 4.69) is 5.32 Å². The molecule has 0 aromatic heterocycles. The number of carboxylic acid groups (broad SMARTS) is 1. The van der Waals surface area contributed by atoms with Crippen molar-refractivity contribution in [2.45, 2.75) is 19.3 Å². The lowest BCUT2D eigenvalue weighted by atomic mass is 10.1. The first kappa shape index (κ1) is 15.3. The van der Waals surface area contributed by atoms with Crippen LogP contribution in [0.15, 0.2) is 18.2 Å². The summed E-state index contributed by atoms with van der Waals surface area (Å²) in [5.74, 6) is -1.41. The van der Waals surface area contributed by atoms with Crippen LogP contribution in [0.25, 0.3) is 0 Å². The van der Waals surface area contributed by atoms with Crippen molar-refractivity contribution in [3.8, 4) is 0 Å². The Kier molecular flexibility index (Phi) is 4.80. The Hall–Kier alpha value is -2.08. The van der Waals surface area contributed by atoms with Gasteiger partial charge in [-0.25, -0.2) is 0 Å². The molecule has 1 aromatic rings. The molecule has 1 aliphatic rings. The molecule has 0 bridgehead atoms. The van der Waals surface area contributed by atoms with Gasteiger partial charge in [-0.3, -0.25) is 14.4 Å². The fourth-order valence-electron chi connectivity index (χ4n) is 2.15. The monoisotopic (exact) mass is 310 g/mol. The first-order chi connectivity index (χ1) is 9.99. The third kappa shape index (κ3) is 3.72. The van der Waals surface area contributed by atoms with Gasteiger partial charge in [0.2, 0.25) is 5.91 Å². The summed E-state index contributed by atoms with van der Waals surface area (Å²) in [5.41, 5.74) is 0.865. The van der Waals surface area contributed by atoms with Crippen molar-refractivity contribution in [2.75, 3.05) is 18.0 Å². The normalized spacial score (nSPS) is 14.3.